The monoisotopic (exact) mass is 480 g/mol. The molecule has 186 valence electrons. The Bertz CT molecular complexity index is 1240. The lowest BCUT2D eigenvalue weighted by molar-refractivity contribution is -0.149. The van der Waals surface area contributed by atoms with Gasteiger partial charge in [0.2, 0.25) is 0 Å². The number of pyridine rings is 1. The molecular weight excluding hydrogens is 448 g/mol. The molecule has 0 amide bonds. The van der Waals surface area contributed by atoms with Gasteiger partial charge in [-0.15, -0.1) is 5.10 Å². The number of hydrogen-bond donors (Lipinski definition) is 1. The molecule has 10 nitrogen and oxygen atoms in total. The SMILES string of the molecule is CCOC(=O)C1CCN([C@@H](c2cc3ccc(OC)cc3[nH]c2=O)c2nnnn2C2CCCC2)CC1. The molecular formula is C25H32N6O4. The van der Waals surface area contributed by atoms with Gasteiger partial charge in [0.25, 0.3) is 5.56 Å². The van der Waals surface area contributed by atoms with Crippen LogP contribution in [0.1, 0.15) is 68.9 Å². The molecule has 2 fully saturated rings. The van der Waals surface area contributed by atoms with Crippen molar-refractivity contribution in [1.29, 1.82) is 0 Å². The van der Waals surface area contributed by atoms with Gasteiger partial charge in [-0.2, -0.15) is 0 Å². The summed E-state index contributed by atoms with van der Waals surface area (Å²) in [6.45, 7) is 3.50. The lowest BCUT2D eigenvalue weighted by atomic mass is 9.93. The minimum absolute atomic E-state index is 0.125. The summed E-state index contributed by atoms with van der Waals surface area (Å²) in [5, 5.41) is 13.7. The first kappa shape index (κ1) is 23.5. The predicted molar refractivity (Wildman–Crippen MR) is 129 cm³/mol. The van der Waals surface area contributed by atoms with Crippen LogP contribution in [-0.4, -0.2) is 62.9 Å². The maximum Gasteiger partial charge on any atom is 0.309 e. The van der Waals surface area contributed by atoms with Crippen LogP contribution in [-0.2, 0) is 9.53 Å². The zero-order valence-corrected chi connectivity index (χ0v) is 20.3. The van der Waals surface area contributed by atoms with E-state index in [1.54, 1.807) is 7.11 Å². The van der Waals surface area contributed by atoms with E-state index in [0.29, 0.717) is 55.2 Å². The summed E-state index contributed by atoms with van der Waals surface area (Å²) in [4.78, 5) is 31.0. The molecule has 5 rings (SSSR count). The van der Waals surface area contributed by atoms with Crippen molar-refractivity contribution in [3.8, 4) is 5.75 Å². The fraction of sp³-hybridized carbons (Fsp3) is 0.560. The molecule has 2 aromatic heterocycles. The number of carbonyl (C=O) groups excluding carboxylic acids is 1. The number of tetrazole rings is 1. The third kappa shape index (κ3) is 4.67. The average molecular weight is 481 g/mol. The van der Waals surface area contributed by atoms with Crippen molar-refractivity contribution in [2.45, 2.75) is 57.5 Å². The topological polar surface area (TPSA) is 115 Å². The molecule has 0 bridgehead atoms. The number of benzene rings is 1. The first-order valence-electron chi connectivity index (χ1n) is 12.5. The van der Waals surface area contributed by atoms with E-state index in [-0.39, 0.29) is 23.5 Å². The Morgan fingerprint density at radius 3 is 2.66 bits per heavy atom. The van der Waals surface area contributed by atoms with Crippen molar-refractivity contribution in [3.63, 3.8) is 0 Å². The highest BCUT2D eigenvalue weighted by Gasteiger charge is 2.36. The lowest BCUT2D eigenvalue weighted by Crippen LogP contribution is -2.42. The van der Waals surface area contributed by atoms with Gasteiger partial charge in [0.1, 0.15) is 11.8 Å². The molecule has 0 radical (unpaired) electrons. The maximum atomic E-state index is 13.4. The predicted octanol–water partition coefficient (Wildman–Crippen LogP) is 3.00. The Morgan fingerprint density at radius 1 is 1.17 bits per heavy atom. The van der Waals surface area contributed by atoms with E-state index in [4.69, 9.17) is 9.47 Å². The van der Waals surface area contributed by atoms with Crippen LogP contribution in [0.2, 0.25) is 0 Å². The van der Waals surface area contributed by atoms with Crippen LogP contribution in [0.4, 0.5) is 0 Å². The highest BCUT2D eigenvalue weighted by Crippen LogP contribution is 2.35. The van der Waals surface area contributed by atoms with E-state index in [2.05, 4.69) is 25.4 Å². The Morgan fingerprint density at radius 2 is 1.94 bits per heavy atom. The smallest absolute Gasteiger partial charge is 0.309 e. The summed E-state index contributed by atoms with van der Waals surface area (Å²) < 4.78 is 12.5. The van der Waals surface area contributed by atoms with Crippen LogP contribution in [0, 0.1) is 5.92 Å². The molecule has 1 N–H and O–H groups in total. The quantitative estimate of drug-likeness (QED) is 0.513. The number of likely N-dealkylation sites (tertiary alicyclic amines) is 1. The number of aromatic amines is 1. The van der Waals surface area contributed by atoms with Crippen LogP contribution < -0.4 is 10.3 Å². The Labute approximate surface area is 203 Å². The van der Waals surface area contributed by atoms with Gasteiger partial charge in [-0.1, -0.05) is 12.8 Å². The molecule has 1 aliphatic carbocycles. The largest absolute Gasteiger partial charge is 0.497 e. The van der Waals surface area contributed by atoms with E-state index in [1.807, 2.05) is 35.9 Å². The van der Waals surface area contributed by atoms with Crippen LogP contribution in [0.25, 0.3) is 10.9 Å². The number of nitrogens with zero attached hydrogens (tertiary/aromatic N) is 5. The highest BCUT2D eigenvalue weighted by molar-refractivity contribution is 5.80. The van der Waals surface area contributed by atoms with Crippen LogP contribution in [0.3, 0.4) is 0 Å². The zero-order valence-electron chi connectivity index (χ0n) is 20.3. The molecule has 1 saturated carbocycles. The van der Waals surface area contributed by atoms with Gasteiger partial charge in [0.05, 0.1) is 31.2 Å². The number of nitrogens with one attached hydrogen (secondary N) is 1. The first-order chi connectivity index (χ1) is 17.1. The third-order valence-corrected chi connectivity index (χ3v) is 7.32. The fourth-order valence-electron chi connectivity index (χ4n) is 5.47. The summed E-state index contributed by atoms with van der Waals surface area (Å²) in [6.07, 6.45) is 5.70. The van der Waals surface area contributed by atoms with Crippen molar-refractivity contribution in [3.05, 3.63) is 46.0 Å². The average Bonchev–Trinajstić information content (AvgIpc) is 3.57. The molecule has 1 aromatic carbocycles. The summed E-state index contributed by atoms with van der Waals surface area (Å²) >= 11 is 0. The summed E-state index contributed by atoms with van der Waals surface area (Å²) in [6, 6.07) is 7.41. The third-order valence-electron chi connectivity index (χ3n) is 7.32. The molecule has 10 heteroatoms. The Balaban J connectivity index is 1.54. The zero-order chi connectivity index (χ0) is 24.4. The second-order valence-electron chi connectivity index (χ2n) is 9.39. The fourth-order valence-corrected chi connectivity index (χ4v) is 5.47. The maximum absolute atomic E-state index is 13.4. The number of aromatic nitrogens is 5. The second-order valence-corrected chi connectivity index (χ2v) is 9.39. The number of hydrogen-bond acceptors (Lipinski definition) is 8. The minimum atomic E-state index is -0.413. The van der Waals surface area contributed by atoms with E-state index in [9.17, 15) is 9.59 Å². The number of esters is 1. The van der Waals surface area contributed by atoms with Gasteiger partial charge < -0.3 is 14.5 Å². The van der Waals surface area contributed by atoms with Crippen LogP contribution >= 0.6 is 0 Å². The summed E-state index contributed by atoms with van der Waals surface area (Å²) in [5.74, 6) is 1.10. The molecule has 1 aliphatic heterocycles. The molecule has 1 saturated heterocycles. The van der Waals surface area contributed by atoms with E-state index >= 15 is 0 Å². The number of piperidine rings is 1. The van der Waals surface area contributed by atoms with Gasteiger partial charge in [-0.05, 0) is 66.6 Å². The lowest BCUT2D eigenvalue weighted by Gasteiger charge is -2.36. The molecule has 3 heterocycles. The van der Waals surface area contributed by atoms with E-state index in [0.717, 1.165) is 31.1 Å². The number of ether oxygens (including phenoxy) is 2. The Hall–Kier alpha value is -3.27. The highest BCUT2D eigenvalue weighted by atomic mass is 16.5. The molecule has 1 atom stereocenters. The van der Waals surface area contributed by atoms with E-state index < -0.39 is 6.04 Å². The standard InChI is InChI=1S/C25H32N6O4/c1-3-35-25(33)16-10-12-30(13-11-16)22(23-27-28-29-31(23)18-6-4-5-7-18)20-14-17-8-9-19(34-2)15-21(17)26-24(20)32/h8-9,14-16,18,22H,3-7,10-13H2,1-2H3,(H,26,32)/t22-/m0/s1. The molecule has 3 aromatic rings. The second kappa shape index (κ2) is 10.2. The molecule has 0 unspecified atom stereocenters. The normalized spacial score (nSPS) is 18.7. The number of fused-ring (bicyclic) bond motifs is 1. The van der Waals surface area contributed by atoms with Gasteiger partial charge >= 0.3 is 5.97 Å². The van der Waals surface area contributed by atoms with Crippen LogP contribution in [0.5, 0.6) is 5.75 Å². The van der Waals surface area contributed by atoms with Gasteiger partial charge in [0.15, 0.2) is 5.82 Å². The van der Waals surface area contributed by atoms with E-state index in [1.165, 1.54) is 0 Å². The van der Waals surface area contributed by atoms with Crippen molar-refractivity contribution in [1.82, 2.24) is 30.1 Å². The number of rotatable bonds is 7. The molecule has 2 aliphatic rings. The van der Waals surface area contributed by atoms with Crippen molar-refractivity contribution < 1.29 is 14.3 Å². The number of H-pyrrole nitrogens is 1. The van der Waals surface area contributed by atoms with Gasteiger partial charge in [-0.25, -0.2) is 4.68 Å². The summed E-state index contributed by atoms with van der Waals surface area (Å²) in [7, 11) is 1.60. The molecule has 35 heavy (non-hydrogen) atoms. The molecule has 0 spiro atoms. The van der Waals surface area contributed by atoms with Gasteiger partial charge in [0, 0.05) is 24.7 Å². The number of carbonyl (C=O) groups is 1. The van der Waals surface area contributed by atoms with Crippen molar-refractivity contribution >= 4 is 16.9 Å². The van der Waals surface area contributed by atoms with Crippen molar-refractivity contribution in [2.75, 3.05) is 26.8 Å². The van der Waals surface area contributed by atoms with Crippen LogP contribution in [0.15, 0.2) is 29.1 Å². The first-order valence-corrected chi connectivity index (χ1v) is 12.5. The number of methoxy groups -OCH3 is 1. The van der Waals surface area contributed by atoms with Crippen molar-refractivity contribution in [2.24, 2.45) is 5.92 Å². The summed E-state index contributed by atoms with van der Waals surface area (Å²) in [5.41, 5.74) is 1.14. The minimum Gasteiger partial charge on any atom is -0.497 e. The Kier molecular flexibility index (Phi) is 6.81. The van der Waals surface area contributed by atoms with Gasteiger partial charge in [-0.3, -0.25) is 14.5 Å².